The molecule has 2 heterocycles. The number of fused-ring (bicyclic) bond motifs is 1. The quantitative estimate of drug-likeness (QED) is 0.354. The second-order valence-corrected chi connectivity index (χ2v) is 8.88. The number of thioether (sulfide) groups is 1. The molecule has 0 saturated heterocycles. The Hall–Kier alpha value is -3.00. The highest BCUT2D eigenvalue weighted by Gasteiger charge is 2.26. The van der Waals surface area contributed by atoms with Crippen LogP contribution in [0, 0.1) is 0 Å². The summed E-state index contributed by atoms with van der Waals surface area (Å²) in [5, 5.41) is 13.7. The molecule has 0 N–H and O–H groups in total. The number of benzene rings is 2. The lowest BCUT2D eigenvalue weighted by Crippen LogP contribution is -2.26. The molecule has 0 aliphatic heterocycles. The Kier molecular flexibility index (Phi) is 5.08. The van der Waals surface area contributed by atoms with Crippen molar-refractivity contribution in [3.63, 3.8) is 0 Å². The van der Waals surface area contributed by atoms with Gasteiger partial charge in [-0.3, -0.25) is 9.36 Å². The number of hydrogen-bond donors (Lipinski definition) is 0. The van der Waals surface area contributed by atoms with E-state index in [9.17, 15) is 4.79 Å². The third kappa shape index (κ3) is 3.41. The first-order valence-electron chi connectivity index (χ1n) is 10.2. The van der Waals surface area contributed by atoms with Crippen molar-refractivity contribution in [1.82, 2.24) is 29.8 Å². The molecule has 1 saturated carbocycles. The number of rotatable bonds is 5. The van der Waals surface area contributed by atoms with Gasteiger partial charge < -0.3 is 0 Å². The van der Waals surface area contributed by atoms with Crippen LogP contribution in [0.25, 0.3) is 16.6 Å². The summed E-state index contributed by atoms with van der Waals surface area (Å²) in [6.45, 7) is 2.05. The highest BCUT2D eigenvalue weighted by Crippen LogP contribution is 2.37. The highest BCUT2D eigenvalue weighted by atomic mass is 32.2. The molecule has 4 aromatic rings. The maximum atomic E-state index is 13.4. The molecule has 2 aromatic heterocycles. The van der Waals surface area contributed by atoms with E-state index in [1.807, 2.05) is 59.2 Å². The molecule has 0 amide bonds. The fourth-order valence-electron chi connectivity index (χ4n) is 4.10. The summed E-state index contributed by atoms with van der Waals surface area (Å²) in [5.41, 5.74) is 1.68. The fourth-order valence-corrected chi connectivity index (χ4v) is 5.17. The van der Waals surface area contributed by atoms with Crippen LogP contribution in [0.3, 0.4) is 0 Å². The van der Waals surface area contributed by atoms with Crippen LogP contribution in [0.4, 0.5) is 0 Å². The Balaban J connectivity index is 1.57. The molecule has 1 fully saturated rings. The van der Waals surface area contributed by atoms with E-state index >= 15 is 0 Å². The normalized spacial score (nSPS) is 15.6. The minimum Gasteiger partial charge on any atom is -0.284 e. The van der Waals surface area contributed by atoms with Gasteiger partial charge >= 0.3 is 0 Å². The smallest absolute Gasteiger partial charge is 0.262 e. The molecule has 0 bridgehead atoms. The predicted molar refractivity (Wildman–Crippen MR) is 117 cm³/mol. The third-order valence-corrected chi connectivity index (χ3v) is 6.67. The number of hydrogen-bond acceptors (Lipinski definition) is 6. The van der Waals surface area contributed by atoms with Crippen LogP contribution in [0.2, 0.25) is 0 Å². The van der Waals surface area contributed by atoms with Crippen LogP contribution in [-0.2, 0) is 0 Å². The molecule has 1 atom stereocenters. The largest absolute Gasteiger partial charge is 0.284 e. The van der Waals surface area contributed by atoms with Gasteiger partial charge in [0.05, 0.1) is 21.8 Å². The number of aromatic nitrogens is 6. The molecule has 8 heteroatoms. The van der Waals surface area contributed by atoms with Crippen LogP contribution in [0.15, 0.2) is 64.5 Å². The molecule has 7 nitrogen and oxygen atoms in total. The van der Waals surface area contributed by atoms with Gasteiger partial charge in [0.2, 0.25) is 0 Å². The molecule has 152 valence electrons. The summed E-state index contributed by atoms with van der Waals surface area (Å²) in [4.78, 5) is 18.2. The second kappa shape index (κ2) is 8.02. The average molecular weight is 419 g/mol. The lowest BCUT2D eigenvalue weighted by molar-refractivity contribution is 0.457. The maximum Gasteiger partial charge on any atom is 0.262 e. The zero-order valence-corrected chi connectivity index (χ0v) is 17.5. The Bertz CT molecular complexity index is 1230. The van der Waals surface area contributed by atoms with Crippen molar-refractivity contribution in [1.29, 1.82) is 0 Å². The first-order valence-corrected chi connectivity index (χ1v) is 11.1. The van der Waals surface area contributed by atoms with Gasteiger partial charge in [-0.25, -0.2) is 4.98 Å². The molecule has 1 aliphatic rings. The average Bonchev–Trinajstić information content (AvgIpc) is 3.47. The van der Waals surface area contributed by atoms with Crippen molar-refractivity contribution in [2.45, 2.75) is 49.1 Å². The van der Waals surface area contributed by atoms with Gasteiger partial charge in [0.1, 0.15) is 0 Å². The SMILES string of the molecule is CC(Sc1nc2ccccc2c(=O)n1C1CCCC1)c1nnnn1-c1ccccc1. The van der Waals surface area contributed by atoms with Gasteiger partial charge in [-0.15, -0.1) is 5.10 Å². The molecule has 1 unspecified atom stereocenters. The molecule has 2 aromatic carbocycles. The lowest BCUT2D eigenvalue weighted by Gasteiger charge is -2.20. The van der Waals surface area contributed by atoms with Crippen LogP contribution < -0.4 is 5.56 Å². The van der Waals surface area contributed by atoms with Gasteiger partial charge in [-0.2, -0.15) is 4.68 Å². The maximum absolute atomic E-state index is 13.4. The standard InChI is InChI=1S/C22H22N6OS/c1-15(20-24-25-26-28(20)17-11-3-2-4-12-17)30-22-23-19-14-8-7-13-18(19)21(29)27(22)16-9-5-6-10-16/h2-4,7-8,11-16H,5-6,9-10H2,1H3. The van der Waals surface area contributed by atoms with Crippen molar-refractivity contribution in [3.8, 4) is 5.69 Å². The Labute approximate surface area is 178 Å². The van der Waals surface area contributed by atoms with Crippen molar-refractivity contribution >= 4 is 22.7 Å². The summed E-state index contributed by atoms with van der Waals surface area (Å²) in [5.74, 6) is 0.728. The zero-order valence-electron chi connectivity index (χ0n) is 16.7. The molecule has 0 radical (unpaired) electrons. The van der Waals surface area contributed by atoms with Gasteiger partial charge in [0.15, 0.2) is 11.0 Å². The molecule has 5 rings (SSSR count). The van der Waals surface area contributed by atoms with Gasteiger partial charge in [0, 0.05) is 6.04 Å². The van der Waals surface area contributed by atoms with E-state index in [4.69, 9.17) is 4.98 Å². The Morgan fingerprint density at radius 1 is 1.03 bits per heavy atom. The van der Waals surface area contributed by atoms with Crippen LogP contribution in [0.5, 0.6) is 0 Å². The topological polar surface area (TPSA) is 78.5 Å². The van der Waals surface area contributed by atoms with Gasteiger partial charge in [-0.05, 0) is 54.5 Å². The molecule has 30 heavy (non-hydrogen) atoms. The summed E-state index contributed by atoms with van der Waals surface area (Å²) in [7, 11) is 0. The third-order valence-electron chi connectivity index (χ3n) is 5.61. The second-order valence-electron chi connectivity index (χ2n) is 7.57. The first kappa shape index (κ1) is 19.0. The van der Waals surface area contributed by atoms with Crippen LogP contribution >= 0.6 is 11.8 Å². The monoisotopic (exact) mass is 418 g/mol. The number of nitrogens with zero attached hydrogens (tertiary/aromatic N) is 6. The zero-order chi connectivity index (χ0) is 20.5. The minimum atomic E-state index is -0.0825. The van der Waals surface area contributed by atoms with E-state index in [-0.39, 0.29) is 16.9 Å². The van der Waals surface area contributed by atoms with Gasteiger partial charge in [0.25, 0.3) is 5.56 Å². The van der Waals surface area contributed by atoms with E-state index in [2.05, 4.69) is 22.4 Å². The van der Waals surface area contributed by atoms with Gasteiger partial charge in [-0.1, -0.05) is 54.9 Å². The highest BCUT2D eigenvalue weighted by molar-refractivity contribution is 7.99. The van der Waals surface area contributed by atoms with Crippen molar-refractivity contribution in [2.75, 3.05) is 0 Å². The van der Waals surface area contributed by atoms with E-state index in [1.165, 1.54) is 0 Å². The van der Waals surface area contributed by atoms with Crippen molar-refractivity contribution < 1.29 is 0 Å². The Morgan fingerprint density at radius 3 is 2.57 bits per heavy atom. The van der Waals surface area contributed by atoms with Crippen molar-refractivity contribution in [2.24, 2.45) is 0 Å². The van der Waals surface area contributed by atoms with E-state index in [0.717, 1.165) is 47.9 Å². The lowest BCUT2D eigenvalue weighted by atomic mass is 10.2. The Morgan fingerprint density at radius 2 is 1.77 bits per heavy atom. The minimum absolute atomic E-state index is 0.0462. The predicted octanol–water partition coefficient (Wildman–Crippen LogP) is 4.34. The number of para-hydroxylation sites is 2. The summed E-state index contributed by atoms with van der Waals surface area (Å²) < 4.78 is 3.66. The molecule has 0 spiro atoms. The summed E-state index contributed by atoms with van der Waals surface area (Å²) in [6.07, 6.45) is 4.33. The fraction of sp³-hybridized carbons (Fsp3) is 0.318. The van der Waals surface area contributed by atoms with E-state index < -0.39 is 0 Å². The molecule has 1 aliphatic carbocycles. The van der Waals surface area contributed by atoms with E-state index in [1.54, 1.807) is 16.4 Å². The summed E-state index contributed by atoms with van der Waals surface area (Å²) in [6, 6.07) is 17.6. The van der Waals surface area contributed by atoms with Crippen LogP contribution in [0.1, 0.15) is 49.7 Å². The molecular weight excluding hydrogens is 396 g/mol. The van der Waals surface area contributed by atoms with Crippen molar-refractivity contribution in [3.05, 3.63) is 70.8 Å². The number of tetrazole rings is 1. The first-order chi connectivity index (χ1) is 14.7. The van der Waals surface area contributed by atoms with E-state index in [0.29, 0.717) is 5.39 Å². The van der Waals surface area contributed by atoms with Crippen LogP contribution in [-0.4, -0.2) is 29.8 Å². The molecular formula is C22H22N6OS. The summed E-state index contributed by atoms with van der Waals surface area (Å²) >= 11 is 1.54.